The normalized spacial score (nSPS) is 11.1. The van der Waals surface area contributed by atoms with E-state index < -0.39 is 0 Å². The summed E-state index contributed by atoms with van der Waals surface area (Å²) in [6.07, 6.45) is 12.8. The van der Waals surface area contributed by atoms with Crippen molar-refractivity contribution in [1.82, 2.24) is 0 Å². The van der Waals surface area contributed by atoms with E-state index in [4.69, 9.17) is 11.5 Å². The van der Waals surface area contributed by atoms with Crippen molar-refractivity contribution in [3.05, 3.63) is 21.9 Å². The molecule has 1 aromatic heterocycles. The number of hydrogen-bond acceptors (Lipinski definition) is 3. The fourth-order valence-corrected chi connectivity index (χ4v) is 3.39. The molecule has 0 bridgehead atoms. The second-order valence-corrected chi connectivity index (χ2v) is 6.53. The maximum Gasteiger partial charge on any atom is 0.00481 e. The van der Waals surface area contributed by atoms with E-state index in [2.05, 4.69) is 12.1 Å². The second-order valence-electron chi connectivity index (χ2n) is 5.27. The summed E-state index contributed by atoms with van der Waals surface area (Å²) in [5, 5.41) is 0. The fourth-order valence-electron chi connectivity index (χ4n) is 2.29. The molecule has 1 rings (SSSR count). The first-order valence-corrected chi connectivity index (χ1v) is 8.66. The zero-order chi connectivity index (χ0) is 13.8. The molecule has 1 aromatic rings. The largest absolute Gasteiger partial charge is 0.330 e. The van der Waals surface area contributed by atoms with Crippen LogP contribution in [0.5, 0.6) is 0 Å². The van der Waals surface area contributed by atoms with Gasteiger partial charge in [0.15, 0.2) is 0 Å². The van der Waals surface area contributed by atoms with Crippen molar-refractivity contribution >= 4 is 11.3 Å². The average molecular weight is 282 g/mol. The Morgan fingerprint density at radius 1 is 0.632 bits per heavy atom. The van der Waals surface area contributed by atoms with Crippen molar-refractivity contribution < 1.29 is 0 Å². The van der Waals surface area contributed by atoms with Gasteiger partial charge in [-0.05, 0) is 63.7 Å². The highest BCUT2D eigenvalue weighted by Crippen LogP contribution is 2.21. The van der Waals surface area contributed by atoms with Crippen LogP contribution in [0.4, 0.5) is 0 Å². The Labute approximate surface area is 122 Å². The molecule has 0 aromatic carbocycles. The van der Waals surface area contributed by atoms with E-state index in [-0.39, 0.29) is 0 Å². The molecule has 4 N–H and O–H groups in total. The topological polar surface area (TPSA) is 52.0 Å². The molecule has 1 heterocycles. The molecule has 0 saturated carbocycles. The summed E-state index contributed by atoms with van der Waals surface area (Å²) in [4.78, 5) is 3.09. The number of nitrogens with two attached hydrogens (primary N) is 2. The molecule has 0 atom stereocenters. The highest BCUT2D eigenvalue weighted by molar-refractivity contribution is 7.11. The first-order chi connectivity index (χ1) is 9.36. The van der Waals surface area contributed by atoms with E-state index >= 15 is 0 Å². The first kappa shape index (κ1) is 16.7. The Hall–Kier alpha value is -0.380. The molecule has 0 aliphatic heterocycles. The van der Waals surface area contributed by atoms with E-state index in [1.165, 1.54) is 62.7 Å². The van der Waals surface area contributed by atoms with E-state index in [0.717, 1.165) is 19.5 Å². The lowest BCUT2D eigenvalue weighted by Gasteiger charge is -2.00. The lowest BCUT2D eigenvalue weighted by atomic mass is 10.1. The zero-order valence-corrected chi connectivity index (χ0v) is 13.0. The van der Waals surface area contributed by atoms with Crippen molar-refractivity contribution in [2.45, 2.75) is 64.2 Å². The van der Waals surface area contributed by atoms with Gasteiger partial charge in [0.2, 0.25) is 0 Å². The molecule has 19 heavy (non-hydrogen) atoms. The molecule has 0 saturated heterocycles. The lowest BCUT2D eigenvalue weighted by molar-refractivity contribution is 0.599. The predicted octanol–water partition coefficient (Wildman–Crippen LogP) is 3.87. The van der Waals surface area contributed by atoms with Gasteiger partial charge in [-0.2, -0.15) is 0 Å². The van der Waals surface area contributed by atoms with Crippen molar-refractivity contribution in [3.63, 3.8) is 0 Å². The van der Waals surface area contributed by atoms with Gasteiger partial charge in [0.1, 0.15) is 0 Å². The maximum atomic E-state index is 5.52. The van der Waals surface area contributed by atoms with Gasteiger partial charge in [0, 0.05) is 9.75 Å². The van der Waals surface area contributed by atoms with Crippen LogP contribution in [0.2, 0.25) is 0 Å². The van der Waals surface area contributed by atoms with E-state index in [0.29, 0.717) is 0 Å². The number of aryl methyl sites for hydroxylation is 2. The summed E-state index contributed by atoms with van der Waals surface area (Å²) in [6, 6.07) is 4.62. The minimum Gasteiger partial charge on any atom is -0.330 e. The van der Waals surface area contributed by atoms with Crippen LogP contribution in [-0.4, -0.2) is 13.1 Å². The van der Waals surface area contributed by atoms with Crippen LogP contribution in [0.15, 0.2) is 12.1 Å². The van der Waals surface area contributed by atoms with Gasteiger partial charge in [-0.3, -0.25) is 0 Å². The number of unbranched alkanes of at least 4 members (excludes halogenated alkanes) is 6. The lowest BCUT2D eigenvalue weighted by Crippen LogP contribution is -1.98. The highest BCUT2D eigenvalue weighted by Gasteiger charge is 2.00. The SMILES string of the molecule is NCCCCCCCCc1ccc(CCCCN)s1. The molecule has 0 unspecified atom stereocenters. The minimum absolute atomic E-state index is 0.822. The molecule has 0 amide bonds. The quantitative estimate of drug-likeness (QED) is 0.572. The Morgan fingerprint density at radius 3 is 1.63 bits per heavy atom. The second kappa shape index (κ2) is 11.4. The number of hydrogen-bond donors (Lipinski definition) is 2. The first-order valence-electron chi connectivity index (χ1n) is 7.84. The van der Waals surface area contributed by atoms with E-state index in [1.807, 2.05) is 11.3 Å². The van der Waals surface area contributed by atoms with Gasteiger partial charge in [-0.25, -0.2) is 0 Å². The van der Waals surface area contributed by atoms with Crippen LogP contribution < -0.4 is 11.5 Å². The van der Waals surface area contributed by atoms with E-state index in [9.17, 15) is 0 Å². The van der Waals surface area contributed by atoms with Crippen LogP contribution in [0.25, 0.3) is 0 Å². The van der Waals surface area contributed by atoms with Gasteiger partial charge in [-0.1, -0.05) is 25.7 Å². The molecule has 2 nitrogen and oxygen atoms in total. The molecular formula is C16H30N2S. The number of rotatable bonds is 12. The van der Waals surface area contributed by atoms with Gasteiger partial charge in [0.25, 0.3) is 0 Å². The van der Waals surface area contributed by atoms with Crippen LogP contribution >= 0.6 is 11.3 Å². The van der Waals surface area contributed by atoms with Crippen LogP contribution in [0.1, 0.15) is 61.1 Å². The average Bonchev–Trinajstić information content (AvgIpc) is 2.86. The number of thiophene rings is 1. The Kier molecular flexibility index (Phi) is 10.0. The van der Waals surface area contributed by atoms with Gasteiger partial charge < -0.3 is 11.5 Å². The summed E-state index contributed by atoms with van der Waals surface area (Å²) >= 11 is 2.00. The van der Waals surface area contributed by atoms with Gasteiger partial charge >= 0.3 is 0 Å². The Morgan fingerprint density at radius 2 is 1.05 bits per heavy atom. The third-order valence-electron chi connectivity index (χ3n) is 3.47. The third kappa shape index (κ3) is 8.40. The summed E-state index contributed by atoms with van der Waals surface area (Å²) in [7, 11) is 0. The standard InChI is InChI=1S/C16H30N2S/c17-13-7-4-2-1-3-5-9-15-11-12-16(19-15)10-6-8-14-18/h11-12H,1-10,13-14,17-18H2. The van der Waals surface area contributed by atoms with Crippen molar-refractivity contribution in [3.8, 4) is 0 Å². The molecule has 0 aliphatic rings. The van der Waals surface area contributed by atoms with Gasteiger partial charge in [0.05, 0.1) is 0 Å². The monoisotopic (exact) mass is 282 g/mol. The van der Waals surface area contributed by atoms with Crippen LogP contribution in [0.3, 0.4) is 0 Å². The molecule has 0 fully saturated rings. The van der Waals surface area contributed by atoms with Crippen LogP contribution in [0, 0.1) is 0 Å². The molecule has 0 radical (unpaired) electrons. The van der Waals surface area contributed by atoms with Gasteiger partial charge in [-0.15, -0.1) is 11.3 Å². The Bertz CT molecular complexity index is 309. The predicted molar refractivity (Wildman–Crippen MR) is 86.8 cm³/mol. The minimum atomic E-state index is 0.822. The molecule has 110 valence electrons. The highest BCUT2D eigenvalue weighted by atomic mass is 32.1. The van der Waals surface area contributed by atoms with Crippen molar-refractivity contribution in [1.29, 1.82) is 0 Å². The van der Waals surface area contributed by atoms with Crippen LogP contribution in [-0.2, 0) is 12.8 Å². The summed E-state index contributed by atoms with van der Waals surface area (Å²) < 4.78 is 0. The third-order valence-corrected chi connectivity index (χ3v) is 4.68. The smallest absolute Gasteiger partial charge is 0.00481 e. The van der Waals surface area contributed by atoms with Crippen molar-refractivity contribution in [2.24, 2.45) is 11.5 Å². The van der Waals surface area contributed by atoms with Crippen molar-refractivity contribution in [2.75, 3.05) is 13.1 Å². The molecule has 3 heteroatoms. The summed E-state index contributed by atoms with van der Waals surface area (Å²) in [6.45, 7) is 1.67. The molecule has 0 spiro atoms. The Balaban J connectivity index is 2.03. The maximum absolute atomic E-state index is 5.52. The zero-order valence-electron chi connectivity index (χ0n) is 12.2. The van der Waals surface area contributed by atoms with E-state index in [1.54, 1.807) is 4.88 Å². The molecular weight excluding hydrogens is 252 g/mol. The summed E-state index contributed by atoms with van der Waals surface area (Å²) in [5.74, 6) is 0. The molecule has 0 aliphatic carbocycles. The fraction of sp³-hybridized carbons (Fsp3) is 0.750. The summed E-state index contributed by atoms with van der Waals surface area (Å²) in [5.41, 5.74) is 11.0.